The number of hydrogen-bond donors (Lipinski definition) is 1. The molecule has 0 spiro atoms. The minimum Gasteiger partial charge on any atom is -0.341 e. The van der Waals surface area contributed by atoms with Gasteiger partial charge >= 0.3 is 0 Å². The highest BCUT2D eigenvalue weighted by Gasteiger charge is 2.18. The van der Waals surface area contributed by atoms with E-state index in [0.717, 1.165) is 14.7 Å². The lowest BCUT2D eigenvalue weighted by atomic mass is 9.97. The molecule has 24 heavy (non-hydrogen) atoms. The average molecular weight is 427 g/mol. The van der Waals surface area contributed by atoms with Crippen LogP contribution < -0.4 is 5.32 Å². The first-order valence-electron chi connectivity index (χ1n) is 7.82. The molecule has 1 N–H and O–H groups in total. The van der Waals surface area contributed by atoms with E-state index >= 15 is 0 Å². The maximum absolute atomic E-state index is 12.8. The van der Waals surface area contributed by atoms with Gasteiger partial charge in [0.2, 0.25) is 0 Å². The average Bonchev–Trinajstić information content (AvgIpc) is 2.61. The fraction of sp³-hybridized carbons (Fsp3) is 0.0952. The van der Waals surface area contributed by atoms with Crippen LogP contribution in [0.15, 0.2) is 78.9 Å². The molecule has 3 aromatic carbocycles. The minimum atomic E-state index is -0.171. The molecule has 0 aliphatic rings. The maximum atomic E-state index is 12.8. The summed E-state index contributed by atoms with van der Waals surface area (Å²) in [7, 11) is 0. The van der Waals surface area contributed by atoms with Crippen molar-refractivity contribution in [2.45, 2.75) is 13.0 Å². The van der Waals surface area contributed by atoms with E-state index in [1.807, 2.05) is 54.6 Å². The van der Waals surface area contributed by atoms with Gasteiger partial charge in [0.25, 0.3) is 5.91 Å². The van der Waals surface area contributed by atoms with Crippen molar-refractivity contribution in [1.29, 1.82) is 0 Å². The number of amides is 1. The fourth-order valence-corrected chi connectivity index (χ4v) is 3.25. The SMILES string of the molecule is Cc1ccc([C@@H](NC(=O)c2ccccc2I)c2ccccc2)cc1. The Labute approximate surface area is 156 Å². The third-order valence-corrected chi connectivity index (χ3v) is 4.88. The van der Waals surface area contributed by atoms with Gasteiger partial charge in [0.05, 0.1) is 11.6 Å². The molecule has 0 unspecified atom stereocenters. The monoisotopic (exact) mass is 427 g/mol. The summed E-state index contributed by atoms with van der Waals surface area (Å²) in [4.78, 5) is 12.8. The highest BCUT2D eigenvalue weighted by atomic mass is 127. The normalized spacial score (nSPS) is 11.8. The van der Waals surface area contributed by atoms with Crippen molar-refractivity contribution in [2.75, 3.05) is 0 Å². The molecule has 3 heteroatoms. The second-order valence-corrected chi connectivity index (χ2v) is 6.87. The smallest absolute Gasteiger partial charge is 0.253 e. The molecule has 0 bridgehead atoms. The van der Waals surface area contributed by atoms with Crippen LogP contribution in [0.2, 0.25) is 0 Å². The first-order chi connectivity index (χ1) is 11.6. The Morgan fingerprint density at radius 1 is 0.833 bits per heavy atom. The standard InChI is InChI=1S/C21H18INO/c1-15-11-13-17(14-12-15)20(16-7-3-2-4-8-16)23-21(24)18-9-5-6-10-19(18)22/h2-14,20H,1H3,(H,23,24)/t20-/m0/s1. The molecule has 3 rings (SSSR count). The topological polar surface area (TPSA) is 29.1 Å². The third kappa shape index (κ3) is 3.85. The molecule has 0 radical (unpaired) electrons. The van der Waals surface area contributed by atoms with Crippen LogP contribution in [0.25, 0.3) is 0 Å². The zero-order valence-corrected chi connectivity index (χ0v) is 15.5. The van der Waals surface area contributed by atoms with E-state index in [1.54, 1.807) is 0 Å². The van der Waals surface area contributed by atoms with E-state index in [9.17, 15) is 4.79 Å². The summed E-state index contributed by atoms with van der Waals surface area (Å²) in [5, 5.41) is 3.18. The Morgan fingerprint density at radius 2 is 1.42 bits per heavy atom. The van der Waals surface area contributed by atoms with Crippen LogP contribution in [0.1, 0.15) is 33.1 Å². The minimum absolute atomic E-state index is 0.0607. The molecule has 0 heterocycles. The van der Waals surface area contributed by atoms with E-state index in [1.165, 1.54) is 5.56 Å². The predicted molar refractivity (Wildman–Crippen MR) is 106 cm³/mol. The number of halogens is 1. The summed E-state index contributed by atoms with van der Waals surface area (Å²) in [6.45, 7) is 2.06. The van der Waals surface area contributed by atoms with Gasteiger partial charge in [-0.3, -0.25) is 4.79 Å². The second-order valence-electron chi connectivity index (χ2n) is 5.71. The summed E-state index contributed by atoms with van der Waals surface area (Å²) in [6.07, 6.45) is 0. The second kappa shape index (κ2) is 7.62. The number of carbonyl (C=O) groups is 1. The Balaban J connectivity index is 1.95. The Hall–Kier alpha value is -2.14. The molecule has 0 saturated heterocycles. The molecular weight excluding hydrogens is 409 g/mol. The van der Waals surface area contributed by atoms with Gasteiger partial charge in [0, 0.05) is 3.57 Å². The van der Waals surface area contributed by atoms with Crippen molar-refractivity contribution in [2.24, 2.45) is 0 Å². The lowest BCUT2D eigenvalue weighted by Gasteiger charge is -2.20. The van der Waals surface area contributed by atoms with Gasteiger partial charge in [-0.25, -0.2) is 0 Å². The van der Waals surface area contributed by atoms with Crippen molar-refractivity contribution in [3.63, 3.8) is 0 Å². The van der Waals surface area contributed by atoms with Gasteiger partial charge in [0.1, 0.15) is 0 Å². The molecular formula is C21H18INO. The predicted octanol–water partition coefficient (Wildman–Crippen LogP) is 5.12. The summed E-state index contributed by atoms with van der Waals surface area (Å²) in [5.74, 6) is -0.0607. The molecule has 1 amide bonds. The molecule has 0 aromatic heterocycles. The Kier molecular flexibility index (Phi) is 5.30. The number of benzene rings is 3. The van der Waals surface area contributed by atoms with Gasteiger partial charge in [0.15, 0.2) is 0 Å². The molecule has 120 valence electrons. The number of carbonyl (C=O) groups excluding carboxylic acids is 1. The highest BCUT2D eigenvalue weighted by molar-refractivity contribution is 14.1. The fourth-order valence-electron chi connectivity index (χ4n) is 2.62. The summed E-state index contributed by atoms with van der Waals surface area (Å²) >= 11 is 2.20. The summed E-state index contributed by atoms with van der Waals surface area (Å²) in [6, 6.07) is 25.8. The summed E-state index contributed by atoms with van der Waals surface area (Å²) < 4.78 is 0.948. The molecule has 0 saturated carbocycles. The Bertz CT molecular complexity index is 828. The molecule has 2 nitrogen and oxygen atoms in total. The lowest BCUT2D eigenvalue weighted by Crippen LogP contribution is -2.29. The number of nitrogens with one attached hydrogen (secondary N) is 1. The van der Waals surface area contributed by atoms with Crippen LogP contribution in [0.5, 0.6) is 0 Å². The number of hydrogen-bond acceptors (Lipinski definition) is 1. The van der Waals surface area contributed by atoms with Crippen LogP contribution in [0.4, 0.5) is 0 Å². The van der Waals surface area contributed by atoms with Gasteiger partial charge in [-0.2, -0.15) is 0 Å². The van der Waals surface area contributed by atoms with Crippen LogP contribution in [0.3, 0.4) is 0 Å². The first kappa shape index (κ1) is 16.7. The van der Waals surface area contributed by atoms with Crippen molar-refractivity contribution >= 4 is 28.5 Å². The molecule has 0 fully saturated rings. The van der Waals surface area contributed by atoms with Crippen LogP contribution >= 0.6 is 22.6 Å². The van der Waals surface area contributed by atoms with E-state index < -0.39 is 0 Å². The maximum Gasteiger partial charge on any atom is 0.253 e. The van der Waals surface area contributed by atoms with Crippen molar-refractivity contribution in [3.05, 3.63) is 105 Å². The zero-order valence-electron chi connectivity index (χ0n) is 13.4. The van der Waals surface area contributed by atoms with Crippen molar-refractivity contribution in [3.8, 4) is 0 Å². The van der Waals surface area contributed by atoms with Gasteiger partial charge in [-0.15, -0.1) is 0 Å². The molecule has 1 atom stereocenters. The molecule has 0 aliphatic carbocycles. The highest BCUT2D eigenvalue weighted by Crippen LogP contribution is 2.23. The largest absolute Gasteiger partial charge is 0.341 e. The third-order valence-electron chi connectivity index (χ3n) is 3.94. The van der Waals surface area contributed by atoms with Crippen molar-refractivity contribution in [1.82, 2.24) is 5.32 Å². The van der Waals surface area contributed by atoms with Crippen LogP contribution in [0, 0.1) is 10.5 Å². The Morgan fingerprint density at radius 3 is 2.08 bits per heavy atom. The van der Waals surface area contributed by atoms with E-state index in [-0.39, 0.29) is 11.9 Å². The molecule has 0 aliphatic heterocycles. The van der Waals surface area contributed by atoms with Gasteiger partial charge in [-0.1, -0.05) is 72.3 Å². The van der Waals surface area contributed by atoms with Gasteiger partial charge in [-0.05, 0) is 52.8 Å². The van der Waals surface area contributed by atoms with Crippen LogP contribution in [-0.4, -0.2) is 5.91 Å². The summed E-state index contributed by atoms with van der Waals surface area (Å²) in [5.41, 5.74) is 4.05. The van der Waals surface area contributed by atoms with Gasteiger partial charge < -0.3 is 5.32 Å². The number of aryl methyl sites for hydroxylation is 1. The zero-order chi connectivity index (χ0) is 16.9. The van der Waals surface area contributed by atoms with Crippen LogP contribution in [-0.2, 0) is 0 Å². The molecule has 3 aromatic rings. The quantitative estimate of drug-likeness (QED) is 0.576. The van der Waals surface area contributed by atoms with Crippen molar-refractivity contribution < 1.29 is 4.79 Å². The van der Waals surface area contributed by atoms with E-state index in [0.29, 0.717) is 5.56 Å². The number of rotatable bonds is 4. The lowest BCUT2D eigenvalue weighted by molar-refractivity contribution is 0.0942. The van der Waals surface area contributed by atoms with E-state index in [2.05, 4.69) is 59.1 Å². The first-order valence-corrected chi connectivity index (χ1v) is 8.90. The van der Waals surface area contributed by atoms with E-state index in [4.69, 9.17) is 0 Å².